The quantitative estimate of drug-likeness (QED) is 0.757. The molecule has 0 saturated carbocycles. The number of esters is 1. The zero-order chi connectivity index (χ0) is 13.0. The Morgan fingerprint density at radius 3 is 2.71 bits per heavy atom. The number of pyridine rings is 1. The van der Waals surface area contributed by atoms with Crippen LogP contribution in [0.25, 0.3) is 0 Å². The highest BCUT2D eigenvalue weighted by Crippen LogP contribution is 2.21. The third kappa shape index (κ3) is 2.88. The van der Waals surface area contributed by atoms with Gasteiger partial charge in [0.1, 0.15) is 0 Å². The van der Waals surface area contributed by atoms with Crippen LogP contribution in [0.5, 0.6) is 0 Å². The smallest absolute Gasteiger partial charge is 0.310 e. The summed E-state index contributed by atoms with van der Waals surface area (Å²) in [5, 5.41) is 0. The fourth-order valence-electron chi connectivity index (χ4n) is 1.48. The molecule has 5 nitrogen and oxygen atoms in total. The van der Waals surface area contributed by atoms with E-state index in [1.165, 1.54) is 13.3 Å². The molecule has 0 radical (unpaired) electrons. The number of H-pyrrole nitrogens is 1. The number of carbonyl (C=O) groups is 1. The summed E-state index contributed by atoms with van der Waals surface area (Å²) in [6.45, 7) is -0.240. The molecule has 0 spiro atoms. The first-order valence-corrected chi connectivity index (χ1v) is 4.79. The molecule has 94 valence electrons. The number of alkyl halides is 2. The lowest BCUT2D eigenvalue weighted by Gasteiger charge is -2.11. The van der Waals surface area contributed by atoms with Crippen molar-refractivity contribution >= 4 is 5.97 Å². The largest absolute Gasteiger partial charge is 0.469 e. The van der Waals surface area contributed by atoms with E-state index in [1.807, 2.05) is 0 Å². The Balaban J connectivity index is 3.28. The molecule has 0 saturated heterocycles. The van der Waals surface area contributed by atoms with Crippen LogP contribution < -0.4 is 11.3 Å². The zero-order valence-corrected chi connectivity index (χ0v) is 9.13. The third-order valence-electron chi connectivity index (χ3n) is 2.32. The summed E-state index contributed by atoms with van der Waals surface area (Å²) in [5.74, 6) is -0.591. The van der Waals surface area contributed by atoms with Crippen LogP contribution in [0.2, 0.25) is 0 Å². The second-order valence-corrected chi connectivity index (χ2v) is 3.29. The van der Waals surface area contributed by atoms with Gasteiger partial charge >= 0.3 is 5.97 Å². The monoisotopic (exact) mass is 246 g/mol. The molecule has 0 aliphatic heterocycles. The van der Waals surface area contributed by atoms with E-state index in [-0.39, 0.29) is 24.1 Å². The number of nitrogens with two attached hydrogens (primary N) is 1. The van der Waals surface area contributed by atoms with Crippen molar-refractivity contribution in [2.24, 2.45) is 5.73 Å². The fraction of sp³-hybridized carbons (Fsp3) is 0.400. The van der Waals surface area contributed by atoms with Crippen molar-refractivity contribution in [3.8, 4) is 0 Å². The van der Waals surface area contributed by atoms with E-state index in [4.69, 9.17) is 5.73 Å². The predicted molar refractivity (Wildman–Crippen MR) is 55.6 cm³/mol. The second-order valence-electron chi connectivity index (χ2n) is 3.29. The standard InChI is InChI=1S/C10H12F2N2O3/c1-17-7(15)2-5-4-14-10(16)8(9(11)12)6(5)3-13/h4,9H,2-3,13H2,1H3,(H,14,16). The first kappa shape index (κ1) is 13.3. The molecule has 0 aliphatic carbocycles. The van der Waals surface area contributed by atoms with Crippen LogP contribution in [0.15, 0.2) is 11.0 Å². The lowest BCUT2D eigenvalue weighted by molar-refractivity contribution is -0.139. The number of hydrogen-bond acceptors (Lipinski definition) is 4. The molecule has 0 amide bonds. The van der Waals surface area contributed by atoms with Crippen molar-refractivity contribution in [1.29, 1.82) is 0 Å². The molecule has 0 atom stereocenters. The van der Waals surface area contributed by atoms with Crippen molar-refractivity contribution in [2.45, 2.75) is 19.4 Å². The van der Waals surface area contributed by atoms with Gasteiger partial charge in [-0.25, -0.2) is 8.78 Å². The van der Waals surface area contributed by atoms with Gasteiger partial charge in [0.15, 0.2) is 0 Å². The summed E-state index contributed by atoms with van der Waals surface area (Å²) in [6, 6.07) is 0. The minimum Gasteiger partial charge on any atom is -0.469 e. The highest BCUT2D eigenvalue weighted by atomic mass is 19.3. The average Bonchev–Trinajstić information content (AvgIpc) is 2.30. The number of aromatic amines is 1. The van der Waals surface area contributed by atoms with Crippen LogP contribution in [0.1, 0.15) is 23.1 Å². The van der Waals surface area contributed by atoms with Gasteiger partial charge in [0.05, 0.1) is 19.1 Å². The minimum atomic E-state index is -2.94. The SMILES string of the molecule is COC(=O)Cc1c[nH]c(=O)c(C(F)F)c1CN. The summed E-state index contributed by atoms with van der Waals surface area (Å²) < 4.78 is 29.8. The van der Waals surface area contributed by atoms with Gasteiger partial charge in [0, 0.05) is 12.7 Å². The number of halogens is 2. The topological polar surface area (TPSA) is 85.2 Å². The maximum atomic E-state index is 12.7. The lowest BCUT2D eigenvalue weighted by Crippen LogP contribution is -2.21. The summed E-state index contributed by atoms with van der Waals surface area (Å²) in [6.07, 6.45) is -1.94. The Morgan fingerprint density at radius 2 is 2.24 bits per heavy atom. The number of methoxy groups -OCH3 is 1. The van der Waals surface area contributed by atoms with E-state index in [0.29, 0.717) is 0 Å². The van der Waals surface area contributed by atoms with Gasteiger partial charge in [-0.15, -0.1) is 0 Å². The molecule has 3 N–H and O–H groups in total. The molecule has 1 aromatic heterocycles. The van der Waals surface area contributed by atoms with E-state index >= 15 is 0 Å². The number of rotatable bonds is 4. The van der Waals surface area contributed by atoms with Crippen LogP contribution in [0.4, 0.5) is 8.78 Å². The molecule has 0 unspecified atom stereocenters. The number of ether oxygens (including phenoxy) is 1. The van der Waals surface area contributed by atoms with E-state index in [2.05, 4.69) is 9.72 Å². The zero-order valence-electron chi connectivity index (χ0n) is 9.13. The number of carbonyl (C=O) groups excluding carboxylic acids is 1. The van der Waals surface area contributed by atoms with Gasteiger partial charge in [-0.1, -0.05) is 0 Å². The molecule has 0 aromatic carbocycles. The predicted octanol–water partition coefficient (Wildman–Crippen LogP) is 0.487. The molecular formula is C10H12F2N2O3. The highest BCUT2D eigenvalue weighted by molar-refractivity contribution is 5.72. The van der Waals surface area contributed by atoms with E-state index in [0.717, 1.165) is 0 Å². The molecule has 0 bridgehead atoms. The average molecular weight is 246 g/mol. The summed E-state index contributed by atoms with van der Waals surface area (Å²) >= 11 is 0. The Labute approximate surface area is 95.6 Å². The Hall–Kier alpha value is -1.76. The van der Waals surface area contributed by atoms with Crippen LogP contribution in [0.3, 0.4) is 0 Å². The first-order valence-electron chi connectivity index (χ1n) is 4.79. The van der Waals surface area contributed by atoms with Gasteiger partial charge < -0.3 is 15.5 Å². The Kier molecular flexibility index (Phi) is 4.33. The van der Waals surface area contributed by atoms with Gasteiger partial charge in [-0.2, -0.15) is 0 Å². The van der Waals surface area contributed by atoms with Crippen LogP contribution in [0, 0.1) is 0 Å². The summed E-state index contributed by atoms with van der Waals surface area (Å²) in [7, 11) is 1.18. The van der Waals surface area contributed by atoms with Crippen molar-refractivity contribution < 1.29 is 18.3 Å². The van der Waals surface area contributed by atoms with E-state index in [1.54, 1.807) is 0 Å². The van der Waals surface area contributed by atoms with Crippen LogP contribution >= 0.6 is 0 Å². The van der Waals surface area contributed by atoms with Crippen molar-refractivity contribution in [1.82, 2.24) is 4.98 Å². The summed E-state index contributed by atoms with van der Waals surface area (Å²) in [4.78, 5) is 24.5. The van der Waals surface area contributed by atoms with Crippen molar-refractivity contribution in [3.05, 3.63) is 33.2 Å². The molecular weight excluding hydrogens is 234 g/mol. The summed E-state index contributed by atoms with van der Waals surface area (Å²) in [5.41, 5.74) is 4.00. The fourth-order valence-corrected chi connectivity index (χ4v) is 1.48. The molecule has 0 aliphatic rings. The second kappa shape index (κ2) is 5.53. The molecule has 0 fully saturated rings. The normalized spacial score (nSPS) is 10.6. The molecule has 17 heavy (non-hydrogen) atoms. The van der Waals surface area contributed by atoms with Gasteiger partial charge in [0.25, 0.3) is 12.0 Å². The maximum absolute atomic E-state index is 12.7. The maximum Gasteiger partial charge on any atom is 0.310 e. The molecule has 1 heterocycles. The van der Waals surface area contributed by atoms with E-state index < -0.39 is 23.5 Å². The van der Waals surface area contributed by atoms with Crippen LogP contribution in [-0.4, -0.2) is 18.1 Å². The van der Waals surface area contributed by atoms with Gasteiger partial charge in [-0.3, -0.25) is 9.59 Å². The minimum absolute atomic E-state index is 0.00542. The van der Waals surface area contributed by atoms with Crippen molar-refractivity contribution in [2.75, 3.05) is 7.11 Å². The lowest BCUT2D eigenvalue weighted by atomic mass is 10.0. The Bertz CT molecular complexity index is 471. The molecule has 7 heteroatoms. The number of aromatic nitrogens is 1. The van der Waals surface area contributed by atoms with E-state index in [9.17, 15) is 18.4 Å². The first-order chi connectivity index (χ1) is 8.01. The van der Waals surface area contributed by atoms with Crippen molar-refractivity contribution in [3.63, 3.8) is 0 Å². The van der Waals surface area contributed by atoms with Crippen LogP contribution in [-0.2, 0) is 22.5 Å². The molecule has 1 aromatic rings. The Morgan fingerprint density at radius 1 is 1.59 bits per heavy atom. The van der Waals surface area contributed by atoms with Gasteiger partial charge in [0.2, 0.25) is 0 Å². The van der Waals surface area contributed by atoms with Gasteiger partial charge in [-0.05, 0) is 11.1 Å². The number of hydrogen-bond donors (Lipinski definition) is 2. The number of nitrogens with one attached hydrogen (secondary N) is 1. The molecule has 1 rings (SSSR count). The highest BCUT2D eigenvalue weighted by Gasteiger charge is 2.20. The third-order valence-corrected chi connectivity index (χ3v) is 2.32.